The van der Waals surface area contributed by atoms with Crippen LogP contribution in [0.5, 0.6) is 5.75 Å². The summed E-state index contributed by atoms with van der Waals surface area (Å²) in [6.07, 6.45) is 1.66. The zero-order valence-electron chi connectivity index (χ0n) is 10.1. The summed E-state index contributed by atoms with van der Waals surface area (Å²) < 4.78 is 7.60. The molecule has 0 bridgehead atoms. The molecule has 0 atom stereocenters. The Kier molecular flexibility index (Phi) is 3.72. The molecule has 0 fully saturated rings. The lowest BCUT2D eigenvalue weighted by Gasteiger charge is -2.10. The molecule has 1 aromatic heterocycles. The summed E-state index contributed by atoms with van der Waals surface area (Å²) in [5, 5.41) is 10.9. The van der Waals surface area contributed by atoms with Crippen molar-refractivity contribution >= 4 is 0 Å². The molecule has 0 radical (unpaired) electrons. The van der Waals surface area contributed by atoms with E-state index in [1.807, 2.05) is 42.9 Å². The maximum Gasteiger partial charge on any atom is 0.170 e. The largest absolute Gasteiger partial charge is 0.485 e. The molecule has 5 heteroatoms. The van der Waals surface area contributed by atoms with Crippen LogP contribution in [0.25, 0.3) is 0 Å². The number of para-hydroxylation sites is 1. The quantitative estimate of drug-likeness (QED) is 0.839. The number of nitrogens with zero attached hydrogens (tertiary/aromatic N) is 3. The molecule has 1 heterocycles. The number of aryl methyl sites for hydroxylation is 1. The fourth-order valence-corrected chi connectivity index (χ4v) is 1.56. The minimum Gasteiger partial charge on any atom is -0.485 e. The summed E-state index contributed by atoms with van der Waals surface area (Å²) in [6.45, 7) is 1.21. The van der Waals surface area contributed by atoms with Gasteiger partial charge in [0.1, 0.15) is 18.7 Å². The number of hydrogen-bond donors (Lipinski definition) is 1. The first kappa shape index (κ1) is 11.6. The van der Waals surface area contributed by atoms with E-state index in [1.165, 1.54) is 0 Å². The number of hydrogen-bond acceptors (Lipinski definition) is 4. The Morgan fingerprint density at radius 1 is 1.35 bits per heavy atom. The monoisotopic (exact) mass is 232 g/mol. The van der Waals surface area contributed by atoms with Crippen LogP contribution in [0.3, 0.4) is 0 Å². The van der Waals surface area contributed by atoms with E-state index in [2.05, 4.69) is 15.5 Å². The van der Waals surface area contributed by atoms with Gasteiger partial charge >= 0.3 is 0 Å². The molecule has 5 nitrogen and oxygen atoms in total. The highest BCUT2D eigenvalue weighted by Gasteiger charge is 2.05. The van der Waals surface area contributed by atoms with E-state index in [0.29, 0.717) is 6.61 Å². The van der Waals surface area contributed by atoms with Crippen LogP contribution in [-0.2, 0) is 20.2 Å². The zero-order valence-corrected chi connectivity index (χ0v) is 10.1. The molecule has 1 N–H and O–H groups in total. The van der Waals surface area contributed by atoms with Gasteiger partial charge in [0.15, 0.2) is 5.82 Å². The van der Waals surface area contributed by atoms with Crippen molar-refractivity contribution in [3.8, 4) is 5.75 Å². The van der Waals surface area contributed by atoms with Crippen LogP contribution in [0.15, 0.2) is 30.6 Å². The number of aromatic nitrogens is 3. The van der Waals surface area contributed by atoms with E-state index in [9.17, 15) is 0 Å². The fourth-order valence-electron chi connectivity index (χ4n) is 1.56. The maximum absolute atomic E-state index is 5.75. The molecule has 0 unspecified atom stereocenters. The van der Waals surface area contributed by atoms with Gasteiger partial charge in [0.05, 0.1) is 0 Å². The minimum absolute atomic E-state index is 0.428. The minimum atomic E-state index is 0.428. The van der Waals surface area contributed by atoms with Crippen molar-refractivity contribution in [3.05, 3.63) is 42.0 Å². The molecule has 90 valence electrons. The molecule has 17 heavy (non-hydrogen) atoms. The van der Waals surface area contributed by atoms with Gasteiger partial charge in [0, 0.05) is 19.2 Å². The lowest BCUT2D eigenvalue weighted by molar-refractivity contribution is 0.288. The molecular weight excluding hydrogens is 216 g/mol. The predicted octanol–water partition coefficient (Wildman–Crippen LogP) is 1.11. The topological polar surface area (TPSA) is 52.0 Å². The van der Waals surface area contributed by atoms with E-state index in [1.54, 1.807) is 6.33 Å². The normalized spacial score (nSPS) is 10.5. The van der Waals surface area contributed by atoms with Gasteiger partial charge in [-0.25, -0.2) is 0 Å². The highest BCUT2D eigenvalue weighted by atomic mass is 16.5. The molecule has 0 spiro atoms. The maximum atomic E-state index is 5.75. The van der Waals surface area contributed by atoms with Crippen LogP contribution in [0.1, 0.15) is 11.4 Å². The van der Waals surface area contributed by atoms with E-state index >= 15 is 0 Å². The lowest BCUT2D eigenvalue weighted by atomic mass is 10.2. The van der Waals surface area contributed by atoms with E-state index in [0.717, 1.165) is 23.7 Å². The van der Waals surface area contributed by atoms with Crippen LogP contribution in [0, 0.1) is 0 Å². The smallest absolute Gasteiger partial charge is 0.170 e. The van der Waals surface area contributed by atoms with Gasteiger partial charge in [-0.3, -0.25) is 0 Å². The molecule has 1 aromatic carbocycles. The molecular formula is C12H16N4O. The molecule has 2 rings (SSSR count). The number of nitrogens with one attached hydrogen (secondary N) is 1. The second-order valence-electron chi connectivity index (χ2n) is 3.78. The van der Waals surface area contributed by atoms with Crippen molar-refractivity contribution in [2.75, 3.05) is 7.05 Å². The number of benzene rings is 1. The molecule has 0 aliphatic rings. The summed E-state index contributed by atoms with van der Waals surface area (Å²) in [6, 6.07) is 7.97. The van der Waals surface area contributed by atoms with Crippen LogP contribution >= 0.6 is 0 Å². The molecule has 2 aromatic rings. The Morgan fingerprint density at radius 3 is 2.88 bits per heavy atom. The van der Waals surface area contributed by atoms with Crippen molar-refractivity contribution in [2.45, 2.75) is 13.2 Å². The Labute approximate surface area is 100 Å². The summed E-state index contributed by atoms with van der Waals surface area (Å²) >= 11 is 0. The number of ether oxygens (including phenoxy) is 1. The first-order valence-electron chi connectivity index (χ1n) is 5.49. The van der Waals surface area contributed by atoms with Gasteiger partial charge in [-0.05, 0) is 13.1 Å². The van der Waals surface area contributed by atoms with E-state index in [-0.39, 0.29) is 0 Å². The Morgan fingerprint density at radius 2 is 2.18 bits per heavy atom. The molecule has 0 amide bonds. The van der Waals surface area contributed by atoms with Crippen molar-refractivity contribution in [1.29, 1.82) is 0 Å². The van der Waals surface area contributed by atoms with Crippen LogP contribution in [0.2, 0.25) is 0 Å². The highest BCUT2D eigenvalue weighted by Crippen LogP contribution is 2.18. The van der Waals surface area contributed by atoms with Crippen LogP contribution < -0.4 is 10.1 Å². The Bertz CT molecular complexity index is 481. The summed E-state index contributed by atoms with van der Waals surface area (Å²) in [5.41, 5.74) is 1.14. The van der Waals surface area contributed by atoms with E-state index < -0.39 is 0 Å². The van der Waals surface area contributed by atoms with Gasteiger partial charge in [-0.1, -0.05) is 18.2 Å². The van der Waals surface area contributed by atoms with Crippen LogP contribution in [-0.4, -0.2) is 21.8 Å². The summed E-state index contributed by atoms with van der Waals surface area (Å²) in [5.74, 6) is 1.69. The van der Waals surface area contributed by atoms with Gasteiger partial charge in [-0.2, -0.15) is 0 Å². The van der Waals surface area contributed by atoms with E-state index in [4.69, 9.17) is 4.74 Å². The second-order valence-corrected chi connectivity index (χ2v) is 3.78. The molecule has 0 saturated carbocycles. The van der Waals surface area contributed by atoms with Crippen molar-refractivity contribution < 1.29 is 4.74 Å². The van der Waals surface area contributed by atoms with Crippen molar-refractivity contribution in [2.24, 2.45) is 7.05 Å². The lowest BCUT2D eigenvalue weighted by Crippen LogP contribution is -2.08. The summed E-state index contributed by atoms with van der Waals surface area (Å²) in [7, 11) is 3.82. The van der Waals surface area contributed by atoms with Crippen molar-refractivity contribution in [3.63, 3.8) is 0 Å². The second kappa shape index (κ2) is 5.45. The first-order chi connectivity index (χ1) is 8.31. The van der Waals surface area contributed by atoms with Gasteiger partial charge in [-0.15, -0.1) is 10.2 Å². The third kappa shape index (κ3) is 2.82. The van der Waals surface area contributed by atoms with Gasteiger partial charge in [0.2, 0.25) is 0 Å². The number of rotatable bonds is 5. The highest BCUT2D eigenvalue weighted by molar-refractivity contribution is 5.33. The fraction of sp³-hybridized carbons (Fsp3) is 0.333. The average Bonchev–Trinajstić information content (AvgIpc) is 2.74. The van der Waals surface area contributed by atoms with Gasteiger partial charge < -0.3 is 14.6 Å². The molecule has 0 aliphatic carbocycles. The predicted molar refractivity (Wildman–Crippen MR) is 64.5 cm³/mol. The Hall–Kier alpha value is -1.88. The standard InChI is InChI=1S/C12H16N4O/c1-13-7-10-5-3-4-6-11(10)17-8-12-15-14-9-16(12)2/h3-6,9,13H,7-8H2,1-2H3. The SMILES string of the molecule is CNCc1ccccc1OCc1nncn1C. The third-order valence-corrected chi connectivity index (χ3v) is 2.50. The van der Waals surface area contributed by atoms with Gasteiger partial charge in [0.25, 0.3) is 0 Å². The van der Waals surface area contributed by atoms with Crippen LogP contribution in [0.4, 0.5) is 0 Å². The first-order valence-corrected chi connectivity index (χ1v) is 5.49. The molecule has 0 aliphatic heterocycles. The zero-order chi connectivity index (χ0) is 12.1. The Balaban J connectivity index is 2.06. The third-order valence-electron chi connectivity index (χ3n) is 2.50. The summed E-state index contributed by atoms with van der Waals surface area (Å²) in [4.78, 5) is 0. The molecule has 0 saturated heterocycles. The average molecular weight is 232 g/mol. The van der Waals surface area contributed by atoms with Crippen molar-refractivity contribution in [1.82, 2.24) is 20.1 Å².